The van der Waals surface area contributed by atoms with Crippen LogP contribution in [0.4, 0.5) is 10.1 Å². The van der Waals surface area contributed by atoms with Crippen molar-refractivity contribution in [2.75, 3.05) is 5.73 Å². The number of hydrogen-bond donors (Lipinski definition) is 1. The van der Waals surface area contributed by atoms with Gasteiger partial charge in [-0.1, -0.05) is 15.9 Å². The lowest BCUT2D eigenvalue weighted by molar-refractivity contribution is 0.475. The molecule has 2 N–H and O–H groups in total. The predicted octanol–water partition coefficient (Wildman–Crippen LogP) is 3.83. The van der Waals surface area contributed by atoms with Crippen LogP contribution >= 0.6 is 15.9 Å². The standard InChI is InChI=1S/C13H8BrFN2O/c14-9-2-1-8(7-16)13(5-9)18-10-3-4-12(17)11(15)6-10/h1-6H,17H2. The maximum atomic E-state index is 13.3. The maximum absolute atomic E-state index is 13.3. The van der Waals surface area contributed by atoms with Crippen LogP contribution in [0.3, 0.4) is 0 Å². The van der Waals surface area contributed by atoms with Gasteiger partial charge in [-0.2, -0.15) is 5.26 Å². The molecule has 0 fully saturated rings. The number of rotatable bonds is 2. The molecule has 3 nitrogen and oxygen atoms in total. The van der Waals surface area contributed by atoms with Crippen LogP contribution in [0.25, 0.3) is 0 Å². The van der Waals surface area contributed by atoms with E-state index >= 15 is 0 Å². The number of hydrogen-bond acceptors (Lipinski definition) is 3. The number of nitrogen functional groups attached to an aromatic ring is 1. The number of nitrogens with zero attached hydrogens (tertiary/aromatic N) is 1. The van der Waals surface area contributed by atoms with E-state index in [4.69, 9.17) is 15.7 Å². The minimum atomic E-state index is -0.555. The summed E-state index contributed by atoms with van der Waals surface area (Å²) < 4.78 is 19.5. The molecule has 0 amide bonds. The highest BCUT2D eigenvalue weighted by molar-refractivity contribution is 9.10. The predicted molar refractivity (Wildman–Crippen MR) is 69.7 cm³/mol. The Morgan fingerprint density at radius 1 is 1.22 bits per heavy atom. The van der Waals surface area contributed by atoms with Crippen molar-refractivity contribution in [3.63, 3.8) is 0 Å². The van der Waals surface area contributed by atoms with Crippen molar-refractivity contribution in [3.8, 4) is 17.6 Å². The first-order valence-electron chi connectivity index (χ1n) is 5.02. The monoisotopic (exact) mass is 306 g/mol. The fourth-order valence-corrected chi connectivity index (χ4v) is 1.71. The topological polar surface area (TPSA) is 59.0 Å². The van der Waals surface area contributed by atoms with Crippen LogP contribution in [0.2, 0.25) is 0 Å². The molecule has 0 radical (unpaired) electrons. The van der Waals surface area contributed by atoms with Crippen molar-refractivity contribution in [1.29, 1.82) is 5.26 Å². The summed E-state index contributed by atoms with van der Waals surface area (Å²) in [5.41, 5.74) is 5.80. The normalized spacial score (nSPS) is 9.83. The molecular formula is C13H8BrFN2O. The van der Waals surface area contributed by atoms with Gasteiger partial charge in [-0.15, -0.1) is 0 Å². The molecule has 0 spiro atoms. The van der Waals surface area contributed by atoms with Gasteiger partial charge in [0.1, 0.15) is 23.4 Å². The number of nitrogens with two attached hydrogens (primary N) is 1. The Hall–Kier alpha value is -2.06. The van der Waals surface area contributed by atoms with E-state index in [-0.39, 0.29) is 11.4 Å². The van der Waals surface area contributed by atoms with Gasteiger partial charge in [0.2, 0.25) is 0 Å². The first kappa shape index (κ1) is 12.4. The summed E-state index contributed by atoms with van der Waals surface area (Å²) in [5, 5.41) is 8.95. The first-order chi connectivity index (χ1) is 8.60. The van der Waals surface area contributed by atoms with E-state index in [2.05, 4.69) is 15.9 Å². The fraction of sp³-hybridized carbons (Fsp3) is 0. The third kappa shape index (κ3) is 2.60. The second-order valence-corrected chi connectivity index (χ2v) is 4.45. The number of benzene rings is 2. The van der Waals surface area contributed by atoms with Gasteiger partial charge >= 0.3 is 0 Å². The van der Waals surface area contributed by atoms with Crippen LogP contribution in [0.1, 0.15) is 5.56 Å². The van der Waals surface area contributed by atoms with E-state index in [9.17, 15) is 4.39 Å². The van der Waals surface area contributed by atoms with Crippen LogP contribution in [0, 0.1) is 17.1 Å². The number of halogens is 2. The van der Waals surface area contributed by atoms with E-state index in [0.717, 1.165) is 4.47 Å². The van der Waals surface area contributed by atoms with Gasteiger partial charge in [-0.3, -0.25) is 0 Å². The molecule has 0 saturated carbocycles. The van der Waals surface area contributed by atoms with Crippen molar-refractivity contribution < 1.29 is 9.13 Å². The van der Waals surface area contributed by atoms with Crippen molar-refractivity contribution in [2.24, 2.45) is 0 Å². The summed E-state index contributed by atoms with van der Waals surface area (Å²) in [4.78, 5) is 0. The highest BCUT2D eigenvalue weighted by Crippen LogP contribution is 2.29. The lowest BCUT2D eigenvalue weighted by atomic mass is 10.2. The summed E-state index contributed by atoms with van der Waals surface area (Å²) >= 11 is 3.28. The van der Waals surface area contributed by atoms with Gasteiger partial charge in [0.25, 0.3) is 0 Å². The summed E-state index contributed by atoms with van der Waals surface area (Å²) in [7, 11) is 0. The molecule has 0 bridgehead atoms. The smallest absolute Gasteiger partial charge is 0.149 e. The lowest BCUT2D eigenvalue weighted by Gasteiger charge is -2.08. The third-order valence-corrected chi connectivity index (χ3v) is 2.76. The van der Waals surface area contributed by atoms with Crippen LogP contribution in [-0.4, -0.2) is 0 Å². The molecule has 0 saturated heterocycles. The Balaban J connectivity index is 2.36. The van der Waals surface area contributed by atoms with E-state index in [0.29, 0.717) is 11.3 Å². The Labute approximate surface area is 112 Å². The lowest BCUT2D eigenvalue weighted by Crippen LogP contribution is -1.93. The van der Waals surface area contributed by atoms with Crippen molar-refractivity contribution in [3.05, 3.63) is 52.3 Å². The number of nitriles is 1. The van der Waals surface area contributed by atoms with E-state index < -0.39 is 5.82 Å². The minimum absolute atomic E-state index is 0.0529. The zero-order valence-corrected chi connectivity index (χ0v) is 10.7. The summed E-state index contributed by atoms with van der Waals surface area (Å²) in [6.45, 7) is 0. The second-order valence-electron chi connectivity index (χ2n) is 3.54. The Bertz CT molecular complexity index is 637. The van der Waals surface area contributed by atoms with Crippen LogP contribution in [-0.2, 0) is 0 Å². The summed E-state index contributed by atoms with van der Waals surface area (Å²) in [6, 6.07) is 11.1. The van der Waals surface area contributed by atoms with Gasteiger partial charge in [-0.05, 0) is 30.3 Å². The maximum Gasteiger partial charge on any atom is 0.149 e. The summed E-state index contributed by atoms with van der Waals surface area (Å²) in [6.07, 6.45) is 0. The molecular weight excluding hydrogens is 299 g/mol. The molecule has 0 heterocycles. The van der Waals surface area contributed by atoms with Crippen LogP contribution < -0.4 is 10.5 Å². The Kier molecular flexibility index (Phi) is 3.49. The second kappa shape index (κ2) is 5.07. The van der Waals surface area contributed by atoms with Gasteiger partial charge in [-0.25, -0.2) is 4.39 Å². The zero-order chi connectivity index (χ0) is 13.1. The molecule has 2 aromatic rings. The molecule has 0 unspecified atom stereocenters. The molecule has 0 aromatic heterocycles. The average Bonchev–Trinajstić information content (AvgIpc) is 2.34. The third-order valence-electron chi connectivity index (χ3n) is 2.26. The number of anilines is 1. The van der Waals surface area contributed by atoms with Crippen molar-refractivity contribution in [1.82, 2.24) is 0 Å². The van der Waals surface area contributed by atoms with Gasteiger partial charge in [0.05, 0.1) is 11.3 Å². The molecule has 0 aliphatic rings. The van der Waals surface area contributed by atoms with E-state index in [1.54, 1.807) is 24.3 Å². The molecule has 0 atom stereocenters. The molecule has 0 aliphatic carbocycles. The summed E-state index contributed by atoms with van der Waals surface area (Å²) in [5.74, 6) is 0.0911. The highest BCUT2D eigenvalue weighted by Gasteiger charge is 2.07. The zero-order valence-electron chi connectivity index (χ0n) is 9.15. The molecule has 90 valence electrons. The largest absolute Gasteiger partial charge is 0.456 e. The molecule has 0 aliphatic heterocycles. The van der Waals surface area contributed by atoms with Gasteiger partial charge in [0.15, 0.2) is 0 Å². The average molecular weight is 307 g/mol. The van der Waals surface area contributed by atoms with Crippen LogP contribution in [0.15, 0.2) is 40.9 Å². The number of ether oxygens (including phenoxy) is 1. The fourth-order valence-electron chi connectivity index (χ4n) is 1.37. The van der Waals surface area contributed by atoms with E-state index in [1.807, 2.05) is 6.07 Å². The van der Waals surface area contributed by atoms with Crippen molar-refractivity contribution in [2.45, 2.75) is 0 Å². The molecule has 2 rings (SSSR count). The van der Waals surface area contributed by atoms with Gasteiger partial charge < -0.3 is 10.5 Å². The SMILES string of the molecule is N#Cc1ccc(Br)cc1Oc1ccc(N)c(F)c1. The first-order valence-corrected chi connectivity index (χ1v) is 5.82. The Morgan fingerprint density at radius 3 is 2.67 bits per heavy atom. The van der Waals surface area contributed by atoms with Crippen LogP contribution in [0.5, 0.6) is 11.5 Å². The quantitative estimate of drug-likeness (QED) is 0.858. The molecule has 2 aromatic carbocycles. The van der Waals surface area contributed by atoms with Crippen molar-refractivity contribution >= 4 is 21.6 Å². The molecule has 18 heavy (non-hydrogen) atoms. The Morgan fingerprint density at radius 2 is 2.00 bits per heavy atom. The van der Waals surface area contributed by atoms with Gasteiger partial charge in [0, 0.05) is 10.5 Å². The molecule has 5 heteroatoms. The highest BCUT2D eigenvalue weighted by atomic mass is 79.9. The minimum Gasteiger partial charge on any atom is -0.456 e. The van der Waals surface area contributed by atoms with E-state index in [1.165, 1.54) is 12.1 Å².